The molecule has 0 radical (unpaired) electrons. The molecule has 0 saturated heterocycles. The number of nitrogens with one attached hydrogen (secondary N) is 1. The third-order valence-electron chi connectivity index (χ3n) is 3.79. The van der Waals surface area contributed by atoms with Crippen LogP contribution in [0, 0.1) is 0 Å². The van der Waals surface area contributed by atoms with E-state index in [0.29, 0.717) is 12.1 Å². The largest absolute Gasteiger partial charge is 0.490 e. The van der Waals surface area contributed by atoms with E-state index in [1.54, 1.807) is 0 Å². The lowest BCUT2D eigenvalue weighted by atomic mass is 9.97. The molecule has 0 heterocycles. The molecule has 1 unspecified atom stereocenters. The molecular weight excluding hydrogens is 302 g/mol. The van der Waals surface area contributed by atoms with Crippen LogP contribution in [0.3, 0.4) is 0 Å². The summed E-state index contributed by atoms with van der Waals surface area (Å²) in [6, 6.07) is 6.66. The van der Waals surface area contributed by atoms with Gasteiger partial charge in [-0.05, 0) is 57.4 Å². The van der Waals surface area contributed by atoms with Crippen LogP contribution in [0.25, 0.3) is 0 Å². The Kier molecular flexibility index (Phi) is 5.71. The minimum absolute atomic E-state index is 0.320. The number of rotatable bonds is 5. The summed E-state index contributed by atoms with van der Waals surface area (Å²) < 4.78 is 7.36. The lowest BCUT2D eigenvalue weighted by molar-refractivity contribution is 0.152. The molecule has 1 aliphatic rings. The number of benzene rings is 1. The molecule has 19 heavy (non-hydrogen) atoms. The Bertz CT molecular complexity index is 402. The predicted octanol–water partition coefficient (Wildman–Crippen LogP) is 4.83. The quantitative estimate of drug-likeness (QED) is 0.837. The van der Waals surface area contributed by atoms with Crippen LogP contribution >= 0.6 is 15.9 Å². The molecule has 3 heteroatoms. The number of ether oxygens (including phenoxy) is 1. The zero-order valence-corrected chi connectivity index (χ0v) is 13.5. The molecule has 2 rings (SSSR count). The van der Waals surface area contributed by atoms with Gasteiger partial charge >= 0.3 is 0 Å². The first-order valence-electron chi connectivity index (χ1n) is 7.40. The molecule has 0 spiro atoms. The van der Waals surface area contributed by atoms with Crippen LogP contribution in [-0.2, 0) is 0 Å². The van der Waals surface area contributed by atoms with Gasteiger partial charge in [0.1, 0.15) is 5.75 Å². The van der Waals surface area contributed by atoms with E-state index in [0.717, 1.165) is 16.8 Å². The Morgan fingerprint density at radius 2 is 2.05 bits per heavy atom. The molecule has 0 bridgehead atoms. The zero-order chi connectivity index (χ0) is 13.7. The van der Waals surface area contributed by atoms with Crippen LogP contribution < -0.4 is 10.1 Å². The maximum Gasteiger partial charge on any atom is 0.124 e. The summed E-state index contributed by atoms with van der Waals surface area (Å²) in [6.45, 7) is 5.30. The lowest BCUT2D eigenvalue weighted by Gasteiger charge is -2.26. The van der Waals surface area contributed by atoms with Crippen molar-refractivity contribution in [2.24, 2.45) is 0 Å². The third-order valence-corrected chi connectivity index (χ3v) is 4.29. The summed E-state index contributed by atoms with van der Waals surface area (Å²) in [5, 5.41) is 3.47. The fourth-order valence-electron chi connectivity index (χ4n) is 2.74. The van der Waals surface area contributed by atoms with Gasteiger partial charge in [0.25, 0.3) is 0 Å². The molecule has 106 valence electrons. The van der Waals surface area contributed by atoms with Crippen LogP contribution in [0.1, 0.15) is 57.6 Å². The van der Waals surface area contributed by atoms with E-state index in [4.69, 9.17) is 4.74 Å². The second-order valence-electron chi connectivity index (χ2n) is 5.34. The first kappa shape index (κ1) is 14.9. The van der Waals surface area contributed by atoms with Gasteiger partial charge in [-0.2, -0.15) is 0 Å². The van der Waals surface area contributed by atoms with E-state index < -0.39 is 0 Å². The molecular formula is C16H24BrNO. The number of hydrogen-bond donors (Lipinski definition) is 1. The normalized spacial score (nSPS) is 18.3. The van der Waals surface area contributed by atoms with Gasteiger partial charge in [-0.3, -0.25) is 0 Å². The summed E-state index contributed by atoms with van der Waals surface area (Å²) in [5.74, 6) is 1.04. The van der Waals surface area contributed by atoms with Crippen molar-refractivity contribution in [2.45, 2.75) is 58.1 Å². The van der Waals surface area contributed by atoms with Crippen molar-refractivity contribution < 1.29 is 4.74 Å². The highest BCUT2D eigenvalue weighted by molar-refractivity contribution is 9.10. The molecule has 1 N–H and O–H groups in total. The topological polar surface area (TPSA) is 21.3 Å². The van der Waals surface area contributed by atoms with Crippen LogP contribution in [0.15, 0.2) is 22.7 Å². The Balaban J connectivity index is 2.13. The molecule has 0 amide bonds. The Hall–Kier alpha value is -0.540. The SMILES string of the molecule is CCNC(C)c1cc(Br)ccc1OC1CCCCC1. The highest BCUT2D eigenvalue weighted by Gasteiger charge is 2.18. The van der Waals surface area contributed by atoms with Gasteiger partial charge in [0, 0.05) is 16.1 Å². The molecule has 1 aromatic rings. The van der Waals surface area contributed by atoms with E-state index in [2.05, 4.69) is 53.3 Å². The Morgan fingerprint density at radius 1 is 1.32 bits per heavy atom. The van der Waals surface area contributed by atoms with Gasteiger partial charge in [0.05, 0.1) is 6.10 Å². The van der Waals surface area contributed by atoms with E-state index in [1.807, 2.05) is 0 Å². The van der Waals surface area contributed by atoms with Gasteiger partial charge in [0.15, 0.2) is 0 Å². The number of hydrogen-bond acceptors (Lipinski definition) is 2. The molecule has 1 aromatic carbocycles. The van der Waals surface area contributed by atoms with Crippen molar-refractivity contribution in [3.8, 4) is 5.75 Å². The molecule has 0 aliphatic heterocycles. The van der Waals surface area contributed by atoms with Crippen molar-refractivity contribution in [3.05, 3.63) is 28.2 Å². The molecule has 1 aliphatic carbocycles. The highest BCUT2D eigenvalue weighted by Crippen LogP contribution is 2.31. The van der Waals surface area contributed by atoms with E-state index >= 15 is 0 Å². The van der Waals surface area contributed by atoms with Gasteiger partial charge in [-0.1, -0.05) is 29.3 Å². The first-order valence-corrected chi connectivity index (χ1v) is 8.19. The fourth-order valence-corrected chi connectivity index (χ4v) is 3.12. The van der Waals surface area contributed by atoms with Crippen LogP contribution in [0.4, 0.5) is 0 Å². The number of halogens is 1. The Morgan fingerprint density at radius 3 is 2.74 bits per heavy atom. The minimum Gasteiger partial charge on any atom is -0.490 e. The van der Waals surface area contributed by atoms with Crippen molar-refractivity contribution in [1.29, 1.82) is 0 Å². The minimum atomic E-state index is 0.320. The van der Waals surface area contributed by atoms with E-state index in [-0.39, 0.29) is 0 Å². The van der Waals surface area contributed by atoms with Gasteiger partial charge in [-0.15, -0.1) is 0 Å². The zero-order valence-electron chi connectivity index (χ0n) is 11.9. The second-order valence-corrected chi connectivity index (χ2v) is 6.26. The summed E-state index contributed by atoms with van der Waals surface area (Å²) in [4.78, 5) is 0. The van der Waals surface area contributed by atoms with Crippen molar-refractivity contribution in [1.82, 2.24) is 5.32 Å². The van der Waals surface area contributed by atoms with Gasteiger partial charge in [0.2, 0.25) is 0 Å². The van der Waals surface area contributed by atoms with Crippen LogP contribution in [0.5, 0.6) is 5.75 Å². The molecule has 2 nitrogen and oxygen atoms in total. The van der Waals surface area contributed by atoms with Crippen LogP contribution in [-0.4, -0.2) is 12.6 Å². The van der Waals surface area contributed by atoms with E-state index in [1.165, 1.54) is 37.7 Å². The molecule has 1 saturated carbocycles. The average Bonchev–Trinajstić information content (AvgIpc) is 2.42. The molecule has 1 fully saturated rings. The van der Waals surface area contributed by atoms with Gasteiger partial charge in [-0.25, -0.2) is 0 Å². The smallest absolute Gasteiger partial charge is 0.124 e. The van der Waals surface area contributed by atoms with E-state index in [9.17, 15) is 0 Å². The summed E-state index contributed by atoms with van der Waals surface area (Å²) >= 11 is 3.56. The Labute approximate surface area is 125 Å². The summed E-state index contributed by atoms with van der Waals surface area (Å²) in [6.07, 6.45) is 6.78. The van der Waals surface area contributed by atoms with Crippen molar-refractivity contribution in [2.75, 3.05) is 6.54 Å². The molecule has 1 atom stereocenters. The maximum atomic E-state index is 6.25. The standard InChI is InChI=1S/C16H24BrNO/c1-3-18-12(2)15-11-13(17)9-10-16(15)19-14-7-5-4-6-8-14/h9-12,14,18H,3-8H2,1-2H3. The predicted molar refractivity (Wildman–Crippen MR) is 83.7 cm³/mol. The maximum absolute atomic E-state index is 6.25. The summed E-state index contributed by atoms with van der Waals surface area (Å²) in [5.41, 5.74) is 1.25. The summed E-state index contributed by atoms with van der Waals surface area (Å²) in [7, 11) is 0. The third kappa shape index (κ3) is 4.22. The fraction of sp³-hybridized carbons (Fsp3) is 0.625. The highest BCUT2D eigenvalue weighted by atomic mass is 79.9. The van der Waals surface area contributed by atoms with Crippen LogP contribution in [0.2, 0.25) is 0 Å². The first-order chi connectivity index (χ1) is 9.20. The second kappa shape index (κ2) is 7.30. The van der Waals surface area contributed by atoms with Gasteiger partial charge < -0.3 is 10.1 Å². The lowest BCUT2D eigenvalue weighted by Crippen LogP contribution is -2.23. The monoisotopic (exact) mass is 325 g/mol. The molecule has 0 aromatic heterocycles. The van der Waals surface area contributed by atoms with Crippen molar-refractivity contribution in [3.63, 3.8) is 0 Å². The average molecular weight is 326 g/mol. The van der Waals surface area contributed by atoms with Crippen molar-refractivity contribution >= 4 is 15.9 Å².